The van der Waals surface area contributed by atoms with E-state index in [0.29, 0.717) is 77.4 Å². The molecule has 0 heterocycles. The summed E-state index contributed by atoms with van der Waals surface area (Å²) in [5.74, 6) is -0.642. The van der Waals surface area contributed by atoms with Crippen molar-refractivity contribution in [1.29, 1.82) is 0 Å². The number of carbonyl (C=O) groups is 5. The lowest BCUT2D eigenvalue weighted by Gasteiger charge is -2.22. The quantitative estimate of drug-likeness (QED) is 0.102. The fourth-order valence-corrected chi connectivity index (χ4v) is 4.07. The van der Waals surface area contributed by atoms with Crippen LogP contribution in [-0.4, -0.2) is 61.1 Å². The molecule has 10 nitrogen and oxygen atoms in total. The topological polar surface area (TPSA) is 159 Å². The molecule has 0 saturated heterocycles. The smallest absolute Gasteiger partial charge is 0.243 e. The van der Waals surface area contributed by atoms with Gasteiger partial charge in [0.25, 0.3) is 0 Å². The highest BCUT2D eigenvalue weighted by molar-refractivity contribution is 5.92. The zero-order valence-corrected chi connectivity index (χ0v) is 26.7. The Bertz CT molecular complexity index is 717. The van der Waals surface area contributed by atoms with Gasteiger partial charge in [0, 0.05) is 32.4 Å². The maximum atomic E-state index is 13.1. The lowest BCUT2D eigenvalue weighted by molar-refractivity contribution is -0.131. The normalized spacial score (nSPS) is 11.9. The van der Waals surface area contributed by atoms with Crippen LogP contribution in [0.25, 0.3) is 0 Å². The van der Waals surface area contributed by atoms with Crippen LogP contribution in [0.15, 0.2) is 0 Å². The maximum absolute atomic E-state index is 13.1. The zero-order chi connectivity index (χ0) is 31.3. The lowest BCUT2D eigenvalue weighted by atomic mass is 10.0. The first-order valence-electron chi connectivity index (χ1n) is 16.1. The van der Waals surface area contributed by atoms with E-state index in [4.69, 9.17) is 5.73 Å². The first-order valence-corrected chi connectivity index (χ1v) is 16.1. The summed E-state index contributed by atoms with van der Waals surface area (Å²) in [5.41, 5.74) is 5.45. The van der Waals surface area contributed by atoms with Crippen molar-refractivity contribution in [3.05, 3.63) is 0 Å². The van der Waals surface area contributed by atoms with Gasteiger partial charge in [-0.05, 0) is 77.7 Å². The van der Waals surface area contributed by atoms with E-state index in [1.165, 1.54) is 6.92 Å². The second kappa shape index (κ2) is 29.0. The molecule has 0 radical (unpaired) electrons. The van der Waals surface area contributed by atoms with Gasteiger partial charge in [-0.3, -0.25) is 24.0 Å². The second-order valence-corrected chi connectivity index (χ2v) is 10.3. The molecule has 0 aliphatic carbocycles. The summed E-state index contributed by atoms with van der Waals surface area (Å²) in [6, 6.07) is -1.38. The SMILES string of the molecule is CC.CCCCCC(=O)NC(CCCCNC(=O)CCCCN)C(=O)NC(CCCCNC(=O)CCCC)C(C)=O. The van der Waals surface area contributed by atoms with Crippen molar-refractivity contribution in [3.8, 4) is 0 Å². The summed E-state index contributed by atoms with van der Waals surface area (Å²) in [6.07, 6.45) is 11.1. The van der Waals surface area contributed by atoms with E-state index in [1.54, 1.807) is 0 Å². The predicted molar refractivity (Wildman–Crippen MR) is 166 cm³/mol. The van der Waals surface area contributed by atoms with Crippen molar-refractivity contribution in [2.45, 2.75) is 149 Å². The average Bonchev–Trinajstić information content (AvgIpc) is 2.95. The molecule has 10 heteroatoms. The maximum Gasteiger partial charge on any atom is 0.243 e. The molecule has 240 valence electrons. The number of amides is 4. The zero-order valence-electron chi connectivity index (χ0n) is 26.7. The van der Waals surface area contributed by atoms with E-state index in [0.717, 1.165) is 44.9 Å². The minimum absolute atomic E-state index is 0.00760. The number of hydrogen-bond donors (Lipinski definition) is 5. The summed E-state index contributed by atoms with van der Waals surface area (Å²) in [5, 5.41) is 11.4. The average molecular weight is 584 g/mol. The number of nitrogens with one attached hydrogen (secondary N) is 4. The van der Waals surface area contributed by atoms with Gasteiger partial charge in [0.2, 0.25) is 23.6 Å². The van der Waals surface area contributed by atoms with Crippen molar-refractivity contribution < 1.29 is 24.0 Å². The molecule has 6 N–H and O–H groups in total. The van der Waals surface area contributed by atoms with Crippen molar-refractivity contribution in [1.82, 2.24) is 21.3 Å². The summed E-state index contributed by atoms with van der Waals surface area (Å²) >= 11 is 0. The van der Waals surface area contributed by atoms with Crippen LogP contribution in [-0.2, 0) is 24.0 Å². The highest BCUT2D eigenvalue weighted by Crippen LogP contribution is 2.08. The summed E-state index contributed by atoms with van der Waals surface area (Å²) in [6.45, 7) is 11.2. The van der Waals surface area contributed by atoms with Gasteiger partial charge in [0.05, 0.1) is 6.04 Å². The highest BCUT2D eigenvalue weighted by atomic mass is 16.2. The van der Waals surface area contributed by atoms with Gasteiger partial charge in [-0.25, -0.2) is 0 Å². The van der Waals surface area contributed by atoms with Crippen molar-refractivity contribution in [2.24, 2.45) is 5.73 Å². The van der Waals surface area contributed by atoms with Crippen LogP contribution in [0.1, 0.15) is 137 Å². The van der Waals surface area contributed by atoms with Crippen LogP contribution in [0.4, 0.5) is 0 Å². The van der Waals surface area contributed by atoms with E-state index in [-0.39, 0.29) is 29.4 Å². The minimum Gasteiger partial charge on any atom is -0.356 e. The van der Waals surface area contributed by atoms with Crippen molar-refractivity contribution in [2.75, 3.05) is 19.6 Å². The molecule has 0 aliphatic rings. The molecule has 0 aromatic rings. The van der Waals surface area contributed by atoms with Crippen LogP contribution in [0.2, 0.25) is 0 Å². The van der Waals surface area contributed by atoms with Crippen LogP contribution in [0.3, 0.4) is 0 Å². The third kappa shape index (κ3) is 25.0. The van der Waals surface area contributed by atoms with E-state index in [2.05, 4.69) is 28.2 Å². The van der Waals surface area contributed by atoms with Gasteiger partial charge in [0.15, 0.2) is 5.78 Å². The molecule has 0 aliphatic heterocycles. The molecule has 2 unspecified atom stereocenters. The number of rotatable bonds is 25. The minimum atomic E-state index is -0.737. The Balaban J connectivity index is 0. The summed E-state index contributed by atoms with van der Waals surface area (Å²) in [4.78, 5) is 61.4. The van der Waals surface area contributed by atoms with Gasteiger partial charge >= 0.3 is 0 Å². The Hall–Kier alpha value is -2.49. The monoisotopic (exact) mass is 583 g/mol. The van der Waals surface area contributed by atoms with Gasteiger partial charge in [-0.2, -0.15) is 0 Å². The molecule has 2 atom stereocenters. The Kier molecular flexibility index (Phi) is 28.8. The fourth-order valence-electron chi connectivity index (χ4n) is 4.07. The highest BCUT2D eigenvalue weighted by Gasteiger charge is 2.24. The van der Waals surface area contributed by atoms with Crippen LogP contribution in [0.5, 0.6) is 0 Å². The second-order valence-electron chi connectivity index (χ2n) is 10.3. The van der Waals surface area contributed by atoms with Crippen LogP contribution < -0.4 is 27.0 Å². The Labute approximate surface area is 249 Å². The molecule has 0 spiro atoms. The first kappa shape index (κ1) is 40.6. The third-order valence-electron chi connectivity index (χ3n) is 6.57. The van der Waals surface area contributed by atoms with Crippen LogP contribution in [0, 0.1) is 0 Å². The van der Waals surface area contributed by atoms with E-state index in [1.807, 2.05) is 20.8 Å². The fraction of sp³-hybridized carbons (Fsp3) is 0.839. The molecule has 0 saturated carbocycles. The molecule has 0 fully saturated rings. The van der Waals surface area contributed by atoms with Crippen molar-refractivity contribution in [3.63, 3.8) is 0 Å². The number of hydrogen-bond acceptors (Lipinski definition) is 6. The Morgan fingerprint density at radius 3 is 1.59 bits per heavy atom. The van der Waals surface area contributed by atoms with E-state index < -0.39 is 12.1 Å². The number of Topliss-reactive ketones (excluding diaryl/α,β-unsaturated/α-hetero) is 1. The largest absolute Gasteiger partial charge is 0.356 e. The molecular weight excluding hydrogens is 522 g/mol. The Morgan fingerprint density at radius 1 is 0.585 bits per heavy atom. The molecule has 0 bridgehead atoms. The standard InChI is InChI=1S/C29H55N5O5.C2H6/c1-4-6-8-19-28(38)33-25(16-11-14-22-32-27(37)18-9-12-20-30)29(39)34-24(23(3)35)15-10-13-21-31-26(36)17-7-5-2;1-2/h24-25H,4-22,30H2,1-3H3,(H,31,36)(H,32,37)(H,33,38)(H,34,39);1-2H3. The van der Waals surface area contributed by atoms with Crippen LogP contribution >= 0.6 is 0 Å². The molecule has 41 heavy (non-hydrogen) atoms. The summed E-state index contributed by atoms with van der Waals surface area (Å²) in [7, 11) is 0. The van der Waals surface area contributed by atoms with Gasteiger partial charge in [-0.1, -0.05) is 47.0 Å². The molecule has 4 amide bonds. The lowest BCUT2D eigenvalue weighted by Crippen LogP contribution is -2.51. The predicted octanol–water partition coefficient (Wildman–Crippen LogP) is 4.04. The first-order chi connectivity index (χ1) is 19.7. The number of ketones is 1. The molecule has 0 rings (SSSR count). The summed E-state index contributed by atoms with van der Waals surface area (Å²) < 4.78 is 0. The van der Waals surface area contributed by atoms with E-state index >= 15 is 0 Å². The number of unbranched alkanes of at least 4 members (excludes halogenated alkanes) is 6. The Morgan fingerprint density at radius 2 is 1.07 bits per heavy atom. The van der Waals surface area contributed by atoms with Gasteiger partial charge in [-0.15, -0.1) is 0 Å². The molecule has 0 aromatic carbocycles. The van der Waals surface area contributed by atoms with Crippen molar-refractivity contribution >= 4 is 29.4 Å². The van der Waals surface area contributed by atoms with Gasteiger partial charge < -0.3 is 27.0 Å². The molecule has 0 aromatic heterocycles. The van der Waals surface area contributed by atoms with E-state index in [9.17, 15) is 24.0 Å². The third-order valence-corrected chi connectivity index (χ3v) is 6.57. The molecular formula is C31H61N5O5. The van der Waals surface area contributed by atoms with Gasteiger partial charge in [0.1, 0.15) is 6.04 Å². The number of carbonyl (C=O) groups excluding carboxylic acids is 5. The number of nitrogens with two attached hydrogens (primary N) is 1.